The third-order valence-electron chi connectivity index (χ3n) is 20.7. The molecule has 0 bridgehead atoms. The highest BCUT2D eigenvalue weighted by molar-refractivity contribution is 5.89. The van der Waals surface area contributed by atoms with Crippen LogP contribution in [0, 0.1) is 61.7 Å². The summed E-state index contributed by atoms with van der Waals surface area (Å²) in [6.07, 6.45) is 16.8. The van der Waals surface area contributed by atoms with E-state index in [4.69, 9.17) is 25.4 Å². The normalized spacial score (nSPS) is 14.6. The van der Waals surface area contributed by atoms with Crippen LogP contribution >= 0.6 is 0 Å². The lowest BCUT2D eigenvalue weighted by Crippen LogP contribution is -2.29. The minimum atomic E-state index is -0.650. The van der Waals surface area contributed by atoms with Crippen LogP contribution < -0.4 is 29.2 Å². The van der Waals surface area contributed by atoms with Gasteiger partial charge in [0.05, 0.1) is 28.8 Å². The van der Waals surface area contributed by atoms with Crippen molar-refractivity contribution in [1.29, 1.82) is 0 Å². The maximum atomic E-state index is 6.76. The van der Waals surface area contributed by atoms with Crippen LogP contribution in [0.5, 0.6) is 28.7 Å². The molecule has 0 radical (unpaired) electrons. The summed E-state index contributed by atoms with van der Waals surface area (Å²) in [5, 5.41) is 3.54. The van der Waals surface area contributed by atoms with Gasteiger partial charge in [0.25, 0.3) is 0 Å². The van der Waals surface area contributed by atoms with E-state index in [0.29, 0.717) is 19.8 Å². The number of nitrogens with one attached hydrogen (secondary N) is 1. The summed E-state index contributed by atoms with van der Waals surface area (Å²) < 4.78 is 25.8. The first-order valence-electron chi connectivity index (χ1n) is 36.8. The fourth-order valence-electron chi connectivity index (χ4n) is 15.2. The Kier molecular flexibility index (Phi) is 21.1. The second kappa shape index (κ2) is 31.7. The standard InChI is InChI=1S/C97H88N2O4/c1-7-10-13-15-16-20-57-96(6)88-63-72(35-52-84(88)85-53-36-73(64-89(85)96)29-30-75-38-56-93-95(66-75)103-94-62-70(5)26-55-92(94)99(93)80-43-31-71(32-44-80)22-12-9-3)27-28-74-37-54-87-86-51-25-69(4)61-90(86)97(91(87)65-74,78-39-47-82(48-40-78)100-58-21-14-11-8-2)79-41-49-83(50-42-79)102-60-59-101-81-45-33-77(34-46-81)68-98-67-76-23-18-17-19-24-76/h1,17-19,23-26,31-56,61-66,98H,8-9,11-12,14,21-22,27-30,58-60,67-68H2,2-6H3. The molecule has 1 N–H and O–H groups in total. The lowest BCUT2D eigenvalue weighted by atomic mass is 9.67. The molecular weight excluding hydrogens is 1260 g/mol. The molecule has 0 saturated carbocycles. The monoisotopic (exact) mass is 1340 g/mol. The summed E-state index contributed by atoms with van der Waals surface area (Å²) in [6.45, 7) is 14.2. The Balaban J connectivity index is 0.717. The minimum absolute atomic E-state index is 0.404. The van der Waals surface area contributed by atoms with Gasteiger partial charge in [-0.15, -0.1) is 6.42 Å². The van der Waals surface area contributed by atoms with Crippen LogP contribution in [0.2, 0.25) is 0 Å². The van der Waals surface area contributed by atoms with E-state index in [2.05, 4.69) is 305 Å². The number of nitrogens with zero attached hydrogens (tertiary/aromatic N) is 1. The van der Waals surface area contributed by atoms with Crippen LogP contribution in [-0.2, 0) is 56.0 Å². The number of ether oxygens (including phenoxy) is 4. The van der Waals surface area contributed by atoms with Gasteiger partial charge in [-0.1, -0.05) is 215 Å². The number of benzene rings is 11. The zero-order valence-electron chi connectivity index (χ0n) is 60.0. The van der Waals surface area contributed by atoms with E-state index in [1.807, 2.05) is 18.2 Å². The largest absolute Gasteiger partial charge is 0.494 e. The fourth-order valence-corrected chi connectivity index (χ4v) is 15.2. The summed E-state index contributed by atoms with van der Waals surface area (Å²) in [7, 11) is 0. The molecular formula is C97H88N2O4. The number of unbranched alkanes of at least 4 members (excludes halogenated alkanes) is 4. The molecule has 11 aromatic carbocycles. The molecule has 2 atom stereocenters. The molecule has 11 aromatic rings. The Morgan fingerprint density at radius 1 is 0.398 bits per heavy atom. The number of aryl methyl sites for hydroxylation is 7. The first-order chi connectivity index (χ1) is 50.6. The Bertz CT molecular complexity index is 5110. The zero-order chi connectivity index (χ0) is 70.5. The van der Waals surface area contributed by atoms with Crippen molar-refractivity contribution in [3.05, 3.63) is 320 Å². The zero-order valence-corrected chi connectivity index (χ0v) is 60.0. The molecule has 103 heavy (non-hydrogen) atoms. The van der Waals surface area contributed by atoms with Crippen molar-refractivity contribution in [3.63, 3.8) is 0 Å². The second-order valence-electron chi connectivity index (χ2n) is 27.8. The Hall–Kier alpha value is -11.4. The Morgan fingerprint density at radius 2 is 0.854 bits per heavy atom. The van der Waals surface area contributed by atoms with Gasteiger partial charge in [0, 0.05) is 18.8 Å². The highest BCUT2D eigenvalue weighted by Gasteiger charge is 2.47. The van der Waals surface area contributed by atoms with Gasteiger partial charge in [-0.2, -0.15) is 0 Å². The van der Waals surface area contributed by atoms with E-state index >= 15 is 0 Å². The lowest BCUT2D eigenvalue weighted by Gasteiger charge is -2.34. The molecule has 1 aliphatic heterocycles. The van der Waals surface area contributed by atoms with Gasteiger partial charge in [-0.3, -0.25) is 0 Å². The predicted octanol–water partition coefficient (Wildman–Crippen LogP) is 21.8. The number of hydrogen-bond acceptors (Lipinski definition) is 6. The van der Waals surface area contributed by atoms with Crippen LogP contribution in [0.3, 0.4) is 0 Å². The van der Waals surface area contributed by atoms with Crippen LogP contribution in [0.1, 0.15) is 143 Å². The van der Waals surface area contributed by atoms with Gasteiger partial charge in [-0.05, 0) is 274 Å². The van der Waals surface area contributed by atoms with Crippen molar-refractivity contribution in [2.75, 3.05) is 24.7 Å². The van der Waals surface area contributed by atoms with Crippen molar-refractivity contribution in [2.45, 2.75) is 129 Å². The van der Waals surface area contributed by atoms with Crippen molar-refractivity contribution in [2.24, 2.45) is 0 Å². The van der Waals surface area contributed by atoms with E-state index in [0.717, 1.165) is 103 Å². The van der Waals surface area contributed by atoms with E-state index < -0.39 is 10.8 Å². The van der Waals surface area contributed by atoms with E-state index in [1.54, 1.807) is 0 Å². The smallest absolute Gasteiger partial charge is 0.151 e. The summed E-state index contributed by atoms with van der Waals surface area (Å²) >= 11 is 0. The summed E-state index contributed by atoms with van der Waals surface area (Å²) in [6, 6.07) is 86.9. The summed E-state index contributed by atoms with van der Waals surface area (Å²) in [5.74, 6) is 24.7. The summed E-state index contributed by atoms with van der Waals surface area (Å²) in [5.41, 5.74) is 25.2. The van der Waals surface area contributed by atoms with E-state index in [9.17, 15) is 0 Å². The first kappa shape index (κ1) is 68.7. The molecule has 14 rings (SSSR count). The molecule has 2 aliphatic carbocycles. The molecule has 6 nitrogen and oxygen atoms in total. The molecule has 6 heteroatoms. The molecule has 0 aromatic heterocycles. The summed E-state index contributed by atoms with van der Waals surface area (Å²) in [4.78, 5) is 2.34. The number of rotatable bonds is 27. The maximum Gasteiger partial charge on any atom is 0.151 e. The number of hydrogen-bond donors (Lipinski definition) is 1. The SMILES string of the molecule is C#CC#CC#CC#CC1(C)c2cc(CCc3ccc4c(c3)Oc3cc(C)ccc3N4c3ccc(CCCC)cc3)ccc2-c2ccc(CCc3ccc4c(c3)C(c3ccc(OCCCCCC)cc3)(c3ccc(OCCOc5ccc(CNCc6ccccc6)cc5)cc3)c3cc(C)ccc3-4)cc21. The van der Waals surface area contributed by atoms with E-state index in [-0.39, 0.29) is 0 Å². The van der Waals surface area contributed by atoms with Gasteiger partial charge in [0.2, 0.25) is 0 Å². The van der Waals surface area contributed by atoms with Crippen molar-refractivity contribution in [3.8, 4) is 98.9 Å². The van der Waals surface area contributed by atoms with Crippen molar-refractivity contribution >= 4 is 17.1 Å². The average molecular weight is 1350 g/mol. The van der Waals surface area contributed by atoms with Gasteiger partial charge in [0.1, 0.15) is 30.5 Å². The van der Waals surface area contributed by atoms with E-state index in [1.165, 1.54) is 132 Å². The molecule has 0 amide bonds. The Morgan fingerprint density at radius 3 is 1.46 bits per heavy atom. The van der Waals surface area contributed by atoms with Gasteiger partial charge < -0.3 is 29.2 Å². The topological polar surface area (TPSA) is 52.2 Å². The van der Waals surface area contributed by atoms with Crippen LogP contribution in [0.4, 0.5) is 17.1 Å². The fraction of sp³-hybridized carbons (Fsp3) is 0.237. The van der Waals surface area contributed by atoms with Crippen LogP contribution in [0.15, 0.2) is 237 Å². The highest BCUT2D eigenvalue weighted by atomic mass is 16.5. The molecule has 3 aliphatic rings. The van der Waals surface area contributed by atoms with Gasteiger partial charge in [0.15, 0.2) is 11.5 Å². The lowest BCUT2D eigenvalue weighted by molar-refractivity contribution is 0.217. The maximum absolute atomic E-state index is 6.76. The molecule has 510 valence electrons. The quantitative estimate of drug-likeness (QED) is 0.0409. The minimum Gasteiger partial charge on any atom is -0.494 e. The molecule has 0 saturated heterocycles. The van der Waals surface area contributed by atoms with Crippen molar-refractivity contribution < 1.29 is 18.9 Å². The second-order valence-corrected chi connectivity index (χ2v) is 27.8. The van der Waals surface area contributed by atoms with Crippen molar-refractivity contribution in [1.82, 2.24) is 5.32 Å². The molecule has 2 unspecified atom stereocenters. The number of fused-ring (bicyclic) bond motifs is 8. The van der Waals surface area contributed by atoms with Gasteiger partial charge in [-0.25, -0.2) is 0 Å². The number of terminal acetylenes is 1. The average Bonchev–Trinajstić information content (AvgIpc) is 1.55. The predicted molar refractivity (Wildman–Crippen MR) is 422 cm³/mol. The molecule has 1 heterocycles. The van der Waals surface area contributed by atoms with Crippen LogP contribution in [0.25, 0.3) is 22.3 Å². The number of anilines is 3. The highest BCUT2D eigenvalue weighted by Crippen LogP contribution is 2.58. The Labute approximate surface area is 610 Å². The van der Waals surface area contributed by atoms with Gasteiger partial charge >= 0.3 is 0 Å². The third kappa shape index (κ3) is 15.0. The molecule has 0 spiro atoms. The third-order valence-corrected chi connectivity index (χ3v) is 20.7. The first-order valence-corrected chi connectivity index (χ1v) is 36.8. The molecule has 0 fully saturated rings. The van der Waals surface area contributed by atoms with Crippen LogP contribution in [-0.4, -0.2) is 19.8 Å².